The van der Waals surface area contributed by atoms with Crippen molar-refractivity contribution >= 4 is 5.97 Å². The number of carboxylic acids is 1. The van der Waals surface area contributed by atoms with Crippen LogP contribution in [0, 0.1) is 0 Å². The van der Waals surface area contributed by atoms with Crippen LogP contribution in [0.2, 0.25) is 0 Å². The summed E-state index contributed by atoms with van der Waals surface area (Å²) in [7, 11) is 0. The van der Waals surface area contributed by atoms with Crippen molar-refractivity contribution < 1.29 is 14.6 Å². The quantitative estimate of drug-likeness (QED) is 0.683. The third kappa shape index (κ3) is 2.00. The Labute approximate surface area is 78.1 Å². The van der Waals surface area contributed by atoms with Crippen molar-refractivity contribution in [2.75, 3.05) is 6.61 Å². The zero-order valence-electron chi connectivity index (χ0n) is 7.95. The monoisotopic (exact) mass is 187 g/mol. The summed E-state index contributed by atoms with van der Waals surface area (Å²) in [6.45, 7) is 2.38. The molecule has 0 spiro atoms. The summed E-state index contributed by atoms with van der Waals surface area (Å²) in [5.74, 6) is -0.939. The second kappa shape index (κ2) is 4.07. The van der Waals surface area contributed by atoms with Crippen LogP contribution in [-0.4, -0.2) is 29.3 Å². The summed E-state index contributed by atoms with van der Waals surface area (Å²) in [6.07, 6.45) is 2.86. The van der Waals surface area contributed by atoms with Gasteiger partial charge in [0.1, 0.15) is 5.54 Å². The SMILES string of the molecule is CCOC1CCCCC1(N)C(=O)O. The zero-order chi connectivity index (χ0) is 9.90. The molecule has 1 saturated carbocycles. The van der Waals surface area contributed by atoms with Crippen molar-refractivity contribution in [2.24, 2.45) is 5.73 Å². The predicted molar refractivity (Wildman–Crippen MR) is 48.4 cm³/mol. The first-order chi connectivity index (χ1) is 6.11. The first-order valence-corrected chi connectivity index (χ1v) is 4.75. The normalized spacial score (nSPS) is 34.5. The summed E-state index contributed by atoms with van der Waals surface area (Å²) < 4.78 is 5.35. The molecule has 0 heterocycles. The first kappa shape index (κ1) is 10.5. The predicted octanol–water partition coefficient (Wildman–Crippen LogP) is 0.748. The Kier molecular flexibility index (Phi) is 3.27. The molecule has 1 aliphatic carbocycles. The molecule has 0 aromatic carbocycles. The van der Waals surface area contributed by atoms with E-state index in [0.717, 1.165) is 19.3 Å². The standard InChI is InChI=1S/C9H17NO3/c1-2-13-7-5-3-4-6-9(7,10)8(11)12/h7H,2-6,10H2,1H3,(H,11,12). The third-order valence-corrected chi connectivity index (χ3v) is 2.65. The third-order valence-electron chi connectivity index (χ3n) is 2.65. The maximum Gasteiger partial charge on any atom is 0.326 e. The molecule has 4 heteroatoms. The fraction of sp³-hybridized carbons (Fsp3) is 0.889. The molecular weight excluding hydrogens is 170 g/mol. The number of aliphatic carboxylic acids is 1. The van der Waals surface area contributed by atoms with E-state index < -0.39 is 11.5 Å². The lowest BCUT2D eigenvalue weighted by atomic mass is 9.80. The average Bonchev–Trinajstić information content (AvgIpc) is 2.09. The van der Waals surface area contributed by atoms with Crippen LogP contribution in [0.5, 0.6) is 0 Å². The van der Waals surface area contributed by atoms with Crippen molar-refractivity contribution in [3.05, 3.63) is 0 Å². The number of nitrogens with two attached hydrogens (primary N) is 1. The lowest BCUT2D eigenvalue weighted by molar-refractivity contribution is -0.152. The molecule has 1 rings (SSSR count). The summed E-state index contributed by atoms with van der Waals surface area (Å²) in [4.78, 5) is 11.0. The van der Waals surface area contributed by atoms with Gasteiger partial charge in [-0.1, -0.05) is 12.8 Å². The first-order valence-electron chi connectivity index (χ1n) is 4.75. The van der Waals surface area contributed by atoms with Crippen LogP contribution in [0.1, 0.15) is 32.6 Å². The number of carbonyl (C=O) groups is 1. The van der Waals surface area contributed by atoms with Gasteiger partial charge in [0.25, 0.3) is 0 Å². The van der Waals surface area contributed by atoms with Crippen molar-refractivity contribution in [1.82, 2.24) is 0 Å². The van der Waals surface area contributed by atoms with Crippen LogP contribution in [0.4, 0.5) is 0 Å². The molecule has 2 atom stereocenters. The lowest BCUT2D eigenvalue weighted by Crippen LogP contribution is -2.59. The van der Waals surface area contributed by atoms with E-state index in [1.165, 1.54) is 0 Å². The Hall–Kier alpha value is -0.610. The molecule has 0 bridgehead atoms. The summed E-state index contributed by atoms with van der Waals surface area (Å²) >= 11 is 0. The van der Waals surface area contributed by atoms with Crippen molar-refractivity contribution in [3.63, 3.8) is 0 Å². The van der Waals surface area contributed by atoms with Gasteiger partial charge in [-0.25, -0.2) is 0 Å². The van der Waals surface area contributed by atoms with Gasteiger partial charge in [-0.3, -0.25) is 4.79 Å². The van der Waals surface area contributed by atoms with E-state index in [4.69, 9.17) is 15.6 Å². The van der Waals surface area contributed by atoms with E-state index in [1.807, 2.05) is 6.92 Å². The van der Waals surface area contributed by atoms with Crippen LogP contribution < -0.4 is 5.73 Å². The van der Waals surface area contributed by atoms with Gasteiger partial charge in [-0.15, -0.1) is 0 Å². The van der Waals surface area contributed by atoms with Crippen LogP contribution in [-0.2, 0) is 9.53 Å². The van der Waals surface area contributed by atoms with Gasteiger partial charge in [-0.05, 0) is 19.8 Å². The summed E-state index contributed by atoms with van der Waals surface area (Å²) in [5.41, 5.74) is 4.65. The molecule has 0 saturated heterocycles. The highest BCUT2D eigenvalue weighted by atomic mass is 16.5. The average molecular weight is 187 g/mol. The van der Waals surface area contributed by atoms with Gasteiger partial charge in [-0.2, -0.15) is 0 Å². The second-order valence-electron chi connectivity index (χ2n) is 3.54. The largest absolute Gasteiger partial charge is 0.480 e. The molecular formula is C9H17NO3. The lowest BCUT2D eigenvalue weighted by Gasteiger charge is -2.37. The topological polar surface area (TPSA) is 72.5 Å². The highest BCUT2D eigenvalue weighted by molar-refractivity contribution is 5.79. The molecule has 0 amide bonds. The highest BCUT2D eigenvalue weighted by Gasteiger charge is 2.44. The minimum atomic E-state index is -1.16. The maximum absolute atomic E-state index is 11.0. The number of carboxylic acid groups (broad SMARTS) is 1. The summed E-state index contributed by atoms with van der Waals surface area (Å²) in [5, 5.41) is 8.99. The highest BCUT2D eigenvalue weighted by Crippen LogP contribution is 2.28. The van der Waals surface area contributed by atoms with E-state index in [-0.39, 0.29) is 6.10 Å². The summed E-state index contributed by atoms with van der Waals surface area (Å²) in [6, 6.07) is 0. The Bertz CT molecular complexity index is 193. The minimum Gasteiger partial charge on any atom is -0.480 e. The maximum atomic E-state index is 11.0. The van der Waals surface area contributed by atoms with Gasteiger partial charge >= 0.3 is 5.97 Å². The molecule has 2 unspecified atom stereocenters. The van der Waals surface area contributed by atoms with E-state index in [0.29, 0.717) is 13.0 Å². The Balaban J connectivity index is 2.71. The molecule has 0 aromatic rings. The molecule has 4 nitrogen and oxygen atoms in total. The zero-order valence-corrected chi connectivity index (χ0v) is 7.95. The molecule has 13 heavy (non-hydrogen) atoms. The van der Waals surface area contributed by atoms with E-state index in [2.05, 4.69) is 0 Å². The van der Waals surface area contributed by atoms with E-state index in [9.17, 15) is 4.79 Å². The van der Waals surface area contributed by atoms with E-state index in [1.54, 1.807) is 0 Å². The van der Waals surface area contributed by atoms with E-state index >= 15 is 0 Å². The van der Waals surface area contributed by atoms with Crippen molar-refractivity contribution in [3.8, 4) is 0 Å². The minimum absolute atomic E-state index is 0.316. The van der Waals surface area contributed by atoms with Crippen LogP contribution in [0.15, 0.2) is 0 Å². The number of ether oxygens (including phenoxy) is 1. The van der Waals surface area contributed by atoms with Crippen LogP contribution >= 0.6 is 0 Å². The smallest absolute Gasteiger partial charge is 0.326 e. The molecule has 1 aliphatic rings. The van der Waals surface area contributed by atoms with Gasteiger partial charge < -0.3 is 15.6 Å². The van der Waals surface area contributed by atoms with Crippen LogP contribution in [0.25, 0.3) is 0 Å². The fourth-order valence-corrected chi connectivity index (χ4v) is 1.84. The molecule has 76 valence electrons. The number of hydrogen-bond acceptors (Lipinski definition) is 3. The van der Waals surface area contributed by atoms with Crippen molar-refractivity contribution in [2.45, 2.75) is 44.2 Å². The molecule has 3 N–H and O–H groups in total. The number of rotatable bonds is 3. The molecule has 0 radical (unpaired) electrons. The van der Waals surface area contributed by atoms with Gasteiger partial charge in [0.2, 0.25) is 0 Å². The Morgan fingerprint density at radius 2 is 2.38 bits per heavy atom. The van der Waals surface area contributed by atoms with Gasteiger partial charge in [0.15, 0.2) is 0 Å². The molecule has 0 aromatic heterocycles. The molecule has 0 aliphatic heterocycles. The number of hydrogen-bond donors (Lipinski definition) is 2. The Morgan fingerprint density at radius 3 is 2.92 bits per heavy atom. The second-order valence-corrected chi connectivity index (χ2v) is 3.54. The fourth-order valence-electron chi connectivity index (χ4n) is 1.84. The molecule has 1 fully saturated rings. The van der Waals surface area contributed by atoms with Crippen molar-refractivity contribution in [1.29, 1.82) is 0 Å². The van der Waals surface area contributed by atoms with Gasteiger partial charge in [0.05, 0.1) is 6.10 Å². The van der Waals surface area contributed by atoms with Gasteiger partial charge in [0, 0.05) is 6.61 Å². The van der Waals surface area contributed by atoms with Crippen LogP contribution in [0.3, 0.4) is 0 Å². The Morgan fingerprint density at radius 1 is 1.69 bits per heavy atom.